The van der Waals surface area contributed by atoms with Crippen molar-refractivity contribution in [1.29, 1.82) is 0 Å². The van der Waals surface area contributed by atoms with Gasteiger partial charge >= 0.3 is 0 Å². The number of benzene rings is 1. The Balaban J connectivity index is 1.29. The summed E-state index contributed by atoms with van der Waals surface area (Å²) in [6, 6.07) is 3.08. The molecule has 0 heterocycles. The monoisotopic (exact) mass is 409 g/mol. The molecule has 4 fully saturated rings. The molecule has 1 aromatic carbocycles. The molecule has 146 valence electrons. The number of hydrogen-bond donors (Lipinski definition) is 3. The first-order valence-electron chi connectivity index (χ1n) is 9.63. The fourth-order valence-corrected chi connectivity index (χ4v) is 6.44. The smallest absolute Gasteiger partial charge is 0.243 e. The van der Waals surface area contributed by atoms with Gasteiger partial charge in [-0.15, -0.1) is 0 Å². The minimum absolute atomic E-state index is 0.0273. The molecule has 0 radical (unpaired) electrons. The molecule has 2 amide bonds. The van der Waals surface area contributed by atoms with Crippen LogP contribution in [0, 0.1) is 23.2 Å². The Hall–Kier alpha value is -1.46. The van der Waals surface area contributed by atoms with Crippen LogP contribution in [0.2, 0.25) is 10.0 Å². The first-order valence-corrected chi connectivity index (χ1v) is 10.4. The van der Waals surface area contributed by atoms with E-state index in [-0.39, 0.29) is 39.5 Å². The van der Waals surface area contributed by atoms with E-state index in [4.69, 9.17) is 28.9 Å². The van der Waals surface area contributed by atoms with Crippen LogP contribution in [0.25, 0.3) is 0 Å². The molecule has 0 saturated heterocycles. The van der Waals surface area contributed by atoms with Crippen LogP contribution in [0.4, 0.5) is 11.4 Å². The summed E-state index contributed by atoms with van der Waals surface area (Å²) in [5.41, 5.74) is 6.60. The maximum atomic E-state index is 12.5. The summed E-state index contributed by atoms with van der Waals surface area (Å²) in [5.74, 6) is 2.10. The second-order valence-corrected chi connectivity index (χ2v) is 9.59. The molecule has 0 atom stereocenters. The predicted molar refractivity (Wildman–Crippen MR) is 108 cm³/mol. The summed E-state index contributed by atoms with van der Waals surface area (Å²) in [7, 11) is 0. The molecule has 27 heavy (non-hydrogen) atoms. The fraction of sp³-hybridized carbons (Fsp3) is 0.600. The van der Waals surface area contributed by atoms with Crippen molar-refractivity contribution in [3.63, 3.8) is 0 Å². The number of amides is 2. The van der Waals surface area contributed by atoms with E-state index in [1.807, 2.05) is 0 Å². The molecule has 4 aliphatic carbocycles. The fourth-order valence-electron chi connectivity index (χ4n) is 5.95. The second kappa shape index (κ2) is 7.17. The normalized spacial score (nSPS) is 31.0. The number of carbonyl (C=O) groups excluding carboxylic acids is 2. The van der Waals surface area contributed by atoms with Gasteiger partial charge in [-0.05, 0) is 73.8 Å². The van der Waals surface area contributed by atoms with Gasteiger partial charge in [-0.1, -0.05) is 23.2 Å². The van der Waals surface area contributed by atoms with E-state index in [0.717, 1.165) is 17.8 Å². The Kier molecular flexibility index (Phi) is 5.02. The summed E-state index contributed by atoms with van der Waals surface area (Å²) in [6.07, 6.45) is 8.16. The number of hydrogen-bond acceptors (Lipinski definition) is 3. The molecule has 1 aromatic rings. The van der Waals surface area contributed by atoms with Crippen LogP contribution in [-0.4, -0.2) is 18.4 Å². The highest BCUT2D eigenvalue weighted by atomic mass is 35.5. The van der Waals surface area contributed by atoms with Crippen molar-refractivity contribution < 1.29 is 9.59 Å². The van der Waals surface area contributed by atoms with Crippen LogP contribution in [0.5, 0.6) is 0 Å². The van der Waals surface area contributed by atoms with Crippen LogP contribution in [0.1, 0.15) is 44.9 Å². The number of carbonyl (C=O) groups is 2. The molecule has 7 heteroatoms. The Bertz CT molecular complexity index is 722. The summed E-state index contributed by atoms with van der Waals surface area (Å²) >= 11 is 11.9. The topological polar surface area (TPSA) is 84.2 Å². The van der Waals surface area contributed by atoms with E-state index in [9.17, 15) is 9.59 Å². The minimum Gasteiger partial charge on any atom is -0.396 e. The van der Waals surface area contributed by atoms with Crippen molar-refractivity contribution in [1.82, 2.24) is 5.32 Å². The van der Waals surface area contributed by atoms with E-state index < -0.39 is 0 Å². The summed E-state index contributed by atoms with van der Waals surface area (Å²) < 4.78 is 0. The van der Waals surface area contributed by atoms with Crippen LogP contribution >= 0.6 is 23.2 Å². The van der Waals surface area contributed by atoms with Gasteiger partial charge in [0.05, 0.1) is 22.3 Å². The van der Waals surface area contributed by atoms with Crippen LogP contribution < -0.4 is 16.4 Å². The molecule has 0 aliphatic heterocycles. The Morgan fingerprint density at radius 2 is 1.52 bits per heavy atom. The summed E-state index contributed by atoms with van der Waals surface area (Å²) in [4.78, 5) is 24.6. The maximum absolute atomic E-state index is 12.5. The van der Waals surface area contributed by atoms with Gasteiger partial charge < -0.3 is 16.4 Å². The quantitative estimate of drug-likeness (QED) is 0.635. The van der Waals surface area contributed by atoms with Gasteiger partial charge in [0.25, 0.3) is 0 Å². The first-order chi connectivity index (χ1) is 12.8. The molecule has 4 aliphatic rings. The Labute approximate surface area is 169 Å². The summed E-state index contributed by atoms with van der Waals surface area (Å²) in [5, 5.41) is 6.03. The van der Waals surface area contributed by atoms with Gasteiger partial charge in [0.2, 0.25) is 11.8 Å². The Morgan fingerprint density at radius 1 is 1.00 bits per heavy atom. The van der Waals surface area contributed by atoms with E-state index in [2.05, 4.69) is 10.6 Å². The highest BCUT2D eigenvalue weighted by Crippen LogP contribution is 2.61. The van der Waals surface area contributed by atoms with Crippen LogP contribution in [0.3, 0.4) is 0 Å². The van der Waals surface area contributed by atoms with Gasteiger partial charge in [-0.3, -0.25) is 9.59 Å². The molecule has 4 saturated carbocycles. The molecule has 0 unspecified atom stereocenters. The van der Waals surface area contributed by atoms with Gasteiger partial charge in [-0.25, -0.2) is 0 Å². The number of nitrogens with two attached hydrogens (primary N) is 1. The lowest BCUT2D eigenvalue weighted by Gasteiger charge is -2.56. The third kappa shape index (κ3) is 4.04. The Morgan fingerprint density at radius 3 is 2.04 bits per heavy atom. The lowest BCUT2D eigenvalue weighted by Crippen LogP contribution is -2.48. The minimum atomic E-state index is -0.314. The predicted octanol–water partition coefficient (Wildman–Crippen LogP) is 4.24. The zero-order valence-electron chi connectivity index (χ0n) is 15.2. The van der Waals surface area contributed by atoms with Gasteiger partial charge in [0.15, 0.2) is 0 Å². The largest absolute Gasteiger partial charge is 0.396 e. The maximum Gasteiger partial charge on any atom is 0.243 e. The zero-order chi connectivity index (χ0) is 19.2. The van der Waals surface area contributed by atoms with Crippen LogP contribution in [0.15, 0.2) is 12.1 Å². The number of nitrogens with one attached hydrogen (secondary N) is 2. The molecule has 5 nitrogen and oxygen atoms in total. The van der Waals surface area contributed by atoms with Crippen LogP contribution in [-0.2, 0) is 9.59 Å². The number of rotatable bonds is 5. The average Bonchev–Trinajstić information content (AvgIpc) is 2.56. The third-order valence-electron chi connectivity index (χ3n) is 6.51. The molecule has 4 N–H and O–H groups in total. The van der Waals surface area contributed by atoms with Crippen molar-refractivity contribution in [3.8, 4) is 0 Å². The SMILES string of the molecule is Nc1c(Cl)cc(NC(=O)CNC(=O)CC23CC4CC(CC(C4)C2)C3)cc1Cl. The lowest BCUT2D eigenvalue weighted by atomic mass is 9.49. The molecule has 0 spiro atoms. The summed E-state index contributed by atoms with van der Waals surface area (Å²) in [6.45, 7) is -0.0647. The van der Waals surface area contributed by atoms with Gasteiger partial charge in [0.1, 0.15) is 0 Å². The van der Waals surface area contributed by atoms with Gasteiger partial charge in [0, 0.05) is 12.1 Å². The van der Waals surface area contributed by atoms with Crippen molar-refractivity contribution >= 4 is 46.4 Å². The number of halogens is 2. The molecular formula is C20H25Cl2N3O2. The van der Waals surface area contributed by atoms with Gasteiger partial charge in [-0.2, -0.15) is 0 Å². The second-order valence-electron chi connectivity index (χ2n) is 8.77. The molecule has 4 bridgehead atoms. The standard InChI is InChI=1S/C20H25Cl2N3O2/c21-15-4-14(5-16(22)19(15)23)25-18(27)10-24-17(26)9-20-6-11-1-12(7-20)3-13(2-11)8-20/h4-5,11-13H,1-3,6-10,23H2,(H,24,26)(H,25,27). The number of nitrogen functional groups attached to an aromatic ring is 1. The van der Waals surface area contributed by atoms with E-state index >= 15 is 0 Å². The van der Waals surface area contributed by atoms with Crippen molar-refractivity contribution in [2.75, 3.05) is 17.6 Å². The first kappa shape index (κ1) is 18.9. The van der Waals surface area contributed by atoms with E-state index in [1.165, 1.54) is 50.7 Å². The van der Waals surface area contributed by atoms with Crippen molar-refractivity contribution in [2.45, 2.75) is 44.9 Å². The van der Waals surface area contributed by atoms with Crippen molar-refractivity contribution in [2.24, 2.45) is 23.2 Å². The molecule has 5 rings (SSSR count). The highest BCUT2D eigenvalue weighted by Gasteiger charge is 2.51. The molecular weight excluding hydrogens is 385 g/mol. The van der Waals surface area contributed by atoms with E-state index in [0.29, 0.717) is 12.1 Å². The van der Waals surface area contributed by atoms with Crippen molar-refractivity contribution in [3.05, 3.63) is 22.2 Å². The molecule has 0 aromatic heterocycles. The average molecular weight is 410 g/mol. The number of anilines is 2. The van der Waals surface area contributed by atoms with E-state index in [1.54, 1.807) is 0 Å². The zero-order valence-corrected chi connectivity index (χ0v) is 16.7. The lowest BCUT2D eigenvalue weighted by molar-refractivity contribution is -0.131. The third-order valence-corrected chi connectivity index (χ3v) is 7.13. The highest BCUT2D eigenvalue weighted by molar-refractivity contribution is 6.39.